The Balaban J connectivity index is 2.05. The minimum absolute atomic E-state index is 0.157. The van der Waals surface area contributed by atoms with Gasteiger partial charge in [-0.05, 0) is 25.0 Å². The van der Waals surface area contributed by atoms with Crippen LogP contribution in [0, 0.1) is 0 Å². The minimum atomic E-state index is -0.157. The van der Waals surface area contributed by atoms with E-state index in [0.29, 0.717) is 0 Å². The summed E-state index contributed by atoms with van der Waals surface area (Å²) in [6, 6.07) is 8.16. The number of nitrogens with zero attached hydrogens (tertiary/aromatic N) is 3. The lowest BCUT2D eigenvalue weighted by Crippen LogP contribution is -2.36. The molecular weight excluding hydrogens is 238 g/mol. The van der Waals surface area contributed by atoms with Crippen molar-refractivity contribution in [2.75, 3.05) is 18.0 Å². The molecule has 4 heteroatoms. The average Bonchev–Trinajstić information content (AvgIpc) is 2.47. The van der Waals surface area contributed by atoms with Crippen LogP contribution in [0.1, 0.15) is 25.6 Å². The van der Waals surface area contributed by atoms with Crippen LogP contribution in [0.15, 0.2) is 24.3 Å². The lowest BCUT2D eigenvalue weighted by Gasteiger charge is -2.31. The van der Waals surface area contributed by atoms with E-state index in [2.05, 4.69) is 22.9 Å². The Bertz CT molecular complexity index is 577. The van der Waals surface area contributed by atoms with E-state index in [1.807, 2.05) is 18.2 Å². The van der Waals surface area contributed by atoms with E-state index in [1.165, 1.54) is 0 Å². The Morgan fingerprint density at radius 1 is 1.21 bits per heavy atom. The number of hydrogen-bond acceptors (Lipinski definition) is 4. The van der Waals surface area contributed by atoms with Crippen LogP contribution in [-0.4, -0.2) is 34.3 Å². The first-order valence-electron chi connectivity index (χ1n) is 6.96. The molecule has 0 spiro atoms. The van der Waals surface area contributed by atoms with Gasteiger partial charge in [0.05, 0.1) is 11.6 Å². The number of para-hydroxylation sites is 1. The summed E-state index contributed by atoms with van der Waals surface area (Å²) in [5, 5.41) is 10.7. The molecule has 100 valence electrons. The largest absolute Gasteiger partial charge is 0.393 e. The molecule has 0 atom stereocenters. The zero-order valence-corrected chi connectivity index (χ0v) is 11.2. The van der Waals surface area contributed by atoms with Crippen LogP contribution < -0.4 is 4.90 Å². The summed E-state index contributed by atoms with van der Waals surface area (Å²) >= 11 is 0. The third kappa shape index (κ3) is 2.40. The van der Waals surface area contributed by atoms with Crippen molar-refractivity contribution in [3.63, 3.8) is 0 Å². The first-order valence-corrected chi connectivity index (χ1v) is 6.96. The van der Waals surface area contributed by atoms with Crippen LogP contribution in [0.5, 0.6) is 0 Å². The summed E-state index contributed by atoms with van der Waals surface area (Å²) in [5.41, 5.74) is 1.01. The van der Waals surface area contributed by atoms with E-state index in [1.54, 1.807) is 0 Å². The van der Waals surface area contributed by atoms with Gasteiger partial charge < -0.3 is 10.0 Å². The van der Waals surface area contributed by atoms with Gasteiger partial charge in [0.1, 0.15) is 11.6 Å². The number of anilines is 1. The molecule has 2 aromatic rings. The number of piperidine rings is 1. The molecule has 0 bridgehead atoms. The predicted octanol–water partition coefficient (Wildman–Crippen LogP) is 2.15. The van der Waals surface area contributed by atoms with Gasteiger partial charge >= 0.3 is 0 Å². The lowest BCUT2D eigenvalue weighted by atomic mass is 10.1. The number of aromatic nitrogens is 2. The quantitative estimate of drug-likeness (QED) is 0.895. The molecule has 1 aromatic carbocycles. The lowest BCUT2D eigenvalue weighted by molar-refractivity contribution is 0.145. The van der Waals surface area contributed by atoms with E-state index < -0.39 is 0 Å². The van der Waals surface area contributed by atoms with Gasteiger partial charge in [-0.25, -0.2) is 9.97 Å². The fourth-order valence-electron chi connectivity index (χ4n) is 2.58. The van der Waals surface area contributed by atoms with Crippen molar-refractivity contribution < 1.29 is 5.11 Å². The van der Waals surface area contributed by atoms with Crippen LogP contribution in [0.4, 0.5) is 5.82 Å². The molecule has 0 aliphatic carbocycles. The number of aryl methyl sites for hydroxylation is 1. The van der Waals surface area contributed by atoms with Crippen LogP contribution in [0.3, 0.4) is 0 Å². The summed E-state index contributed by atoms with van der Waals surface area (Å²) in [6.45, 7) is 3.81. The number of hydrogen-bond donors (Lipinski definition) is 1. The van der Waals surface area contributed by atoms with Crippen molar-refractivity contribution in [2.24, 2.45) is 0 Å². The molecule has 0 amide bonds. The van der Waals surface area contributed by atoms with Gasteiger partial charge in [0, 0.05) is 24.9 Å². The molecule has 1 saturated heterocycles. The molecule has 3 rings (SSSR count). The number of aliphatic hydroxyl groups is 1. The van der Waals surface area contributed by atoms with Gasteiger partial charge in [0.15, 0.2) is 0 Å². The van der Waals surface area contributed by atoms with Gasteiger partial charge in [-0.15, -0.1) is 0 Å². The molecule has 1 aliphatic rings. The summed E-state index contributed by atoms with van der Waals surface area (Å²) in [4.78, 5) is 11.6. The molecule has 19 heavy (non-hydrogen) atoms. The number of aliphatic hydroxyl groups excluding tert-OH is 1. The third-order valence-corrected chi connectivity index (χ3v) is 3.71. The number of fused-ring (bicyclic) bond motifs is 1. The highest BCUT2D eigenvalue weighted by Gasteiger charge is 2.20. The van der Waals surface area contributed by atoms with Gasteiger partial charge in [-0.1, -0.05) is 19.1 Å². The maximum absolute atomic E-state index is 9.63. The second kappa shape index (κ2) is 5.13. The normalized spacial score (nSPS) is 17.1. The smallest absolute Gasteiger partial charge is 0.140 e. The van der Waals surface area contributed by atoms with E-state index in [-0.39, 0.29) is 6.10 Å². The molecule has 0 saturated carbocycles. The highest BCUT2D eigenvalue weighted by atomic mass is 16.3. The minimum Gasteiger partial charge on any atom is -0.393 e. The molecular formula is C15H19N3O. The summed E-state index contributed by atoms with van der Waals surface area (Å²) in [6.07, 6.45) is 2.32. The van der Waals surface area contributed by atoms with Crippen LogP contribution in [-0.2, 0) is 6.42 Å². The maximum atomic E-state index is 9.63. The summed E-state index contributed by atoms with van der Waals surface area (Å²) in [7, 11) is 0. The highest BCUT2D eigenvalue weighted by Crippen LogP contribution is 2.26. The van der Waals surface area contributed by atoms with E-state index in [4.69, 9.17) is 4.98 Å². The molecule has 4 nitrogen and oxygen atoms in total. The monoisotopic (exact) mass is 257 g/mol. The van der Waals surface area contributed by atoms with Crippen LogP contribution >= 0.6 is 0 Å². The fraction of sp³-hybridized carbons (Fsp3) is 0.467. The zero-order chi connectivity index (χ0) is 13.2. The zero-order valence-electron chi connectivity index (χ0n) is 11.2. The van der Waals surface area contributed by atoms with Gasteiger partial charge in [0.2, 0.25) is 0 Å². The highest BCUT2D eigenvalue weighted by molar-refractivity contribution is 5.89. The second-order valence-corrected chi connectivity index (χ2v) is 5.05. The number of rotatable bonds is 2. The van der Waals surface area contributed by atoms with Crippen molar-refractivity contribution >= 4 is 16.7 Å². The molecule has 1 aliphatic heterocycles. The first kappa shape index (κ1) is 12.4. The SMILES string of the molecule is CCc1nc(N2CCC(O)CC2)c2ccccc2n1. The average molecular weight is 257 g/mol. The van der Waals surface area contributed by atoms with Gasteiger partial charge in [-0.2, -0.15) is 0 Å². The predicted molar refractivity (Wildman–Crippen MR) is 76.4 cm³/mol. The Hall–Kier alpha value is -1.68. The van der Waals surface area contributed by atoms with E-state index >= 15 is 0 Å². The van der Waals surface area contributed by atoms with Gasteiger partial charge in [-0.3, -0.25) is 0 Å². The van der Waals surface area contributed by atoms with Crippen LogP contribution in [0.2, 0.25) is 0 Å². The topological polar surface area (TPSA) is 49.2 Å². The van der Waals surface area contributed by atoms with Crippen molar-refractivity contribution in [3.8, 4) is 0 Å². The molecule has 1 fully saturated rings. The summed E-state index contributed by atoms with van der Waals surface area (Å²) < 4.78 is 0. The maximum Gasteiger partial charge on any atom is 0.140 e. The Morgan fingerprint density at radius 2 is 1.95 bits per heavy atom. The van der Waals surface area contributed by atoms with Crippen molar-refractivity contribution in [1.29, 1.82) is 0 Å². The Kier molecular flexibility index (Phi) is 3.34. The summed E-state index contributed by atoms with van der Waals surface area (Å²) in [5.74, 6) is 1.91. The standard InChI is InChI=1S/C15H19N3O/c1-2-14-16-13-6-4-3-5-12(13)15(17-14)18-9-7-11(19)8-10-18/h3-6,11,19H,2,7-10H2,1H3. The van der Waals surface area contributed by atoms with Crippen molar-refractivity contribution in [2.45, 2.75) is 32.3 Å². The molecule has 1 N–H and O–H groups in total. The molecule has 1 aromatic heterocycles. The number of benzene rings is 1. The fourth-order valence-corrected chi connectivity index (χ4v) is 2.58. The Labute approximate surface area is 113 Å². The van der Waals surface area contributed by atoms with E-state index in [0.717, 1.165) is 54.9 Å². The van der Waals surface area contributed by atoms with Gasteiger partial charge in [0.25, 0.3) is 0 Å². The third-order valence-electron chi connectivity index (χ3n) is 3.71. The van der Waals surface area contributed by atoms with E-state index in [9.17, 15) is 5.11 Å². The molecule has 2 heterocycles. The molecule has 0 radical (unpaired) electrons. The van der Waals surface area contributed by atoms with Crippen molar-refractivity contribution in [1.82, 2.24) is 9.97 Å². The van der Waals surface area contributed by atoms with Crippen LogP contribution in [0.25, 0.3) is 10.9 Å². The molecule has 0 unspecified atom stereocenters. The second-order valence-electron chi connectivity index (χ2n) is 5.05. The van der Waals surface area contributed by atoms with Crippen molar-refractivity contribution in [3.05, 3.63) is 30.1 Å². The Morgan fingerprint density at radius 3 is 2.68 bits per heavy atom. The first-order chi connectivity index (χ1) is 9.28.